The first-order valence-electron chi connectivity index (χ1n) is 3.84. The maximum Gasteiger partial charge on any atom is 0.259 e. The van der Waals surface area contributed by atoms with Gasteiger partial charge in [-0.3, -0.25) is 9.89 Å². The molecule has 0 saturated heterocycles. The highest BCUT2D eigenvalue weighted by Crippen LogP contribution is 2.06. The lowest BCUT2D eigenvalue weighted by Gasteiger charge is -1.90. The van der Waals surface area contributed by atoms with Crippen LogP contribution in [0.3, 0.4) is 0 Å². The number of H-pyrrole nitrogens is 2. The SMILES string of the molecule is Cc1nc(-c2ccc[nH]c2=O)n[nH]1. The van der Waals surface area contributed by atoms with Crippen LogP contribution in [0.15, 0.2) is 23.1 Å². The molecule has 0 aromatic carbocycles. The van der Waals surface area contributed by atoms with E-state index in [2.05, 4.69) is 20.2 Å². The van der Waals surface area contributed by atoms with Gasteiger partial charge in [0, 0.05) is 6.20 Å². The van der Waals surface area contributed by atoms with Gasteiger partial charge in [-0.1, -0.05) is 0 Å². The molecule has 0 unspecified atom stereocenters. The Hall–Kier alpha value is -1.91. The average molecular weight is 176 g/mol. The van der Waals surface area contributed by atoms with Crippen LogP contribution in [0.4, 0.5) is 0 Å². The first kappa shape index (κ1) is 7.72. The lowest BCUT2D eigenvalue weighted by molar-refractivity contribution is 1.04. The summed E-state index contributed by atoms with van der Waals surface area (Å²) in [6.07, 6.45) is 1.57. The number of pyridine rings is 1. The van der Waals surface area contributed by atoms with E-state index in [0.717, 1.165) is 0 Å². The average Bonchev–Trinajstić information content (AvgIpc) is 2.53. The third-order valence-corrected chi connectivity index (χ3v) is 1.66. The number of rotatable bonds is 1. The van der Waals surface area contributed by atoms with Crippen molar-refractivity contribution >= 4 is 0 Å². The molecule has 0 bridgehead atoms. The minimum Gasteiger partial charge on any atom is -0.328 e. The van der Waals surface area contributed by atoms with Crippen molar-refractivity contribution in [3.05, 3.63) is 34.5 Å². The van der Waals surface area contributed by atoms with E-state index in [4.69, 9.17) is 0 Å². The van der Waals surface area contributed by atoms with Crippen LogP contribution < -0.4 is 5.56 Å². The molecule has 13 heavy (non-hydrogen) atoms. The molecule has 5 heteroatoms. The van der Waals surface area contributed by atoms with Crippen molar-refractivity contribution in [3.8, 4) is 11.4 Å². The molecular weight excluding hydrogens is 168 g/mol. The van der Waals surface area contributed by atoms with E-state index >= 15 is 0 Å². The van der Waals surface area contributed by atoms with Crippen molar-refractivity contribution in [1.29, 1.82) is 0 Å². The van der Waals surface area contributed by atoms with Crippen molar-refractivity contribution in [1.82, 2.24) is 20.2 Å². The molecule has 0 aliphatic heterocycles. The van der Waals surface area contributed by atoms with Crippen molar-refractivity contribution in [2.75, 3.05) is 0 Å². The Balaban J connectivity index is 2.59. The first-order valence-corrected chi connectivity index (χ1v) is 3.84. The third-order valence-electron chi connectivity index (χ3n) is 1.66. The van der Waals surface area contributed by atoms with E-state index < -0.39 is 0 Å². The second-order valence-corrected chi connectivity index (χ2v) is 2.66. The summed E-state index contributed by atoms with van der Waals surface area (Å²) in [6, 6.07) is 3.42. The quantitative estimate of drug-likeness (QED) is 0.663. The lowest BCUT2D eigenvalue weighted by Crippen LogP contribution is -2.07. The van der Waals surface area contributed by atoms with Crippen LogP contribution in [0, 0.1) is 6.92 Å². The lowest BCUT2D eigenvalue weighted by atomic mass is 10.3. The maximum absolute atomic E-state index is 11.3. The van der Waals surface area contributed by atoms with Gasteiger partial charge in [-0.05, 0) is 19.1 Å². The van der Waals surface area contributed by atoms with Gasteiger partial charge in [0.2, 0.25) is 0 Å². The Morgan fingerprint density at radius 1 is 1.46 bits per heavy atom. The smallest absolute Gasteiger partial charge is 0.259 e. The predicted molar refractivity (Wildman–Crippen MR) is 47.2 cm³/mol. The van der Waals surface area contributed by atoms with Crippen LogP contribution in [0.2, 0.25) is 0 Å². The van der Waals surface area contributed by atoms with Crippen molar-refractivity contribution < 1.29 is 0 Å². The van der Waals surface area contributed by atoms with Gasteiger partial charge in [-0.15, -0.1) is 0 Å². The predicted octanol–water partition coefficient (Wildman–Crippen LogP) is 0.468. The van der Waals surface area contributed by atoms with Crippen LogP contribution in [-0.2, 0) is 0 Å². The molecule has 2 aromatic heterocycles. The van der Waals surface area contributed by atoms with Crippen LogP contribution in [0.25, 0.3) is 11.4 Å². The molecule has 0 saturated carbocycles. The highest BCUT2D eigenvalue weighted by molar-refractivity contribution is 5.52. The summed E-state index contributed by atoms with van der Waals surface area (Å²) in [4.78, 5) is 17.9. The van der Waals surface area contributed by atoms with Crippen molar-refractivity contribution in [3.63, 3.8) is 0 Å². The molecule has 0 atom stereocenters. The van der Waals surface area contributed by atoms with E-state index in [-0.39, 0.29) is 5.56 Å². The summed E-state index contributed by atoms with van der Waals surface area (Å²) in [5.41, 5.74) is 0.299. The highest BCUT2D eigenvalue weighted by atomic mass is 16.1. The normalized spacial score (nSPS) is 10.2. The number of nitrogens with zero attached hydrogens (tertiary/aromatic N) is 2. The number of nitrogens with one attached hydrogen (secondary N) is 2. The molecule has 0 spiro atoms. The van der Waals surface area contributed by atoms with Gasteiger partial charge < -0.3 is 4.98 Å². The number of aryl methyl sites for hydroxylation is 1. The van der Waals surface area contributed by atoms with E-state index in [0.29, 0.717) is 17.2 Å². The number of hydrogen-bond donors (Lipinski definition) is 2. The first-order chi connectivity index (χ1) is 6.27. The molecule has 0 amide bonds. The van der Waals surface area contributed by atoms with Gasteiger partial charge >= 0.3 is 0 Å². The Labute approximate surface area is 73.9 Å². The fraction of sp³-hybridized carbons (Fsp3) is 0.125. The van der Waals surface area contributed by atoms with Crippen LogP contribution in [-0.4, -0.2) is 20.2 Å². The van der Waals surface area contributed by atoms with Gasteiger partial charge in [0.25, 0.3) is 5.56 Å². The number of hydrogen-bond acceptors (Lipinski definition) is 3. The monoisotopic (exact) mass is 176 g/mol. The minimum atomic E-state index is -0.179. The second kappa shape index (κ2) is 2.85. The zero-order chi connectivity index (χ0) is 9.26. The van der Waals surface area contributed by atoms with E-state index in [1.807, 2.05) is 0 Å². The fourth-order valence-electron chi connectivity index (χ4n) is 1.06. The summed E-state index contributed by atoms with van der Waals surface area (Å²) < 4.78 is 0. The largest absolute Gasteiger partial charge is 0.328 e. The standard InChI is InChI=1S/C8H8N4O/c1-5-10-7(12-11-5)6-3-2-4-9-8(6)13/h2-4H,1H3,(H,9,13)(H,10,11,12). The summed E-state index contributed by atoms with van der Waals surface area (Å²) in [7, 11) is 0. The summed E-state index contributed by atoms with van der Waals surface area (Å²) in [5.74, 6) is 1.12. The minimum absolute atomic E-state index is 0.179. The molecule has 2 rings (SSSR count). The van der Waals surface area contributed by atoms with E-state index in [9.17, 15) is 4.79 Å². The van der Waals surface area contributed by atoms with Crippen LogP contribution in [0.1, 0.15) is 5.82 Å². The maximum atomic E-state index is 11.3. The number of aromatic amines is 2. The highest BCUT2D eigenvalue weighted by Gasteiger charge is 2.06. The van der Waals surface area contributed by atoms with Gasteiger partial charge in [0.15, 0.2) is 5.82 Å². The fourth-order valence-corrected chi connectivity index (χ4v) is 1.06. The second-order valence-electron chi connectivity index (χ2n) is 2.66. The van der Waals surface area contributed by atoms with Gasteiger partial charge in [0.1, 0.15) is 5.82 Å². The molecule has 66 valence electrons. The molecule has 0 radical (unpaired) electrons. The Bertz CT molecular complexity index is 471. The molecule has 2 aromatic rings. The van der Waals surface area contributed by atoms with Gasteiger partial charge in [0.05, 0.1) is 5.56 Å². The molecule has 0 aliphatic carbocycles. The summed E-state index contributed by atoms with van der Waals surface area (Å²) in [5, 5.41) is 6.57. The summed E-state index contributed by atoms with van der Waals surface area (Å²) >= 11 is 0. The van der Waals surface area contributed by atoms with Crippen molar-refractivity contribution in [2.45, 2.75) is 6.92 Å². The topological polar surface area (TPSA) is 74.4 Å². The van der Waals surface area contributed by atoms with Crippen LogP contribution >= 0.6 is 0 Å². The molecule has 2 N–H and O–H groups in total. The van der Waals surface area contributed by atoms with Gasteiger partial charge in [-0.2, -0.15) is 5.10 Å². The zero-order valence-corrected chi connectivity index (χ0v) is 7.03. The molecular formula is C8H8N4O. The zero-order valence-electron chi connectivity index (χ0n) is 7.03. The number of aromatic nitrogens is 4. The van der Waals surface area contributed by atoms with E-state index in [1.54, 1.807) is 25.3 Å². The Morgan fingerprint density at radius 3 is 2.92 bits per heavy atom. The van der Waals surface area contributed by atoms with Gasteiger partial charge in [-0.25, -0.2) is 4.98 Å². The Morgan fingerprint density at radius 2 is 2.31 bits per heavy atom. The molecule has 2 heterocycles. The van der Waals surface area contributed by atoms with E-state index in [1.165, 1.54) is 0 Å². The third kappa shape index (κ3) is 1.35. The molecule has 0 aliphatic rings. The Kier molecular flexibility index (Phi) is 1.70. The van der Waals surface area contributed by atoms with Crippen molar-refractivity contribution in [2.24, 2.45) is 0 Å². The molecule has 5 nitrogen and oxygen atoms in total. The molecule has 0 fully saturated rings. The van der Waals surface area contributed by atoms with Crippen LogP contribution in [0.5, 0.6) is 0 Å². The summed E-state index contributed by atoms with van der Waals surface area (Å²) in [6.45, 7) is 1.79.